The van der Waals surface area contributed by atoms with Crippen molar-refractivity contribution in [1.82, 2.24) is 4.90 Å². The lowest BCUT2D eigenvalue weighted by molar-refractivity contribution is 0.105. The van der Waals surface area contributed by atoms with Crippen molar-refractivity contribution < 1.29 is 13.6 Å². The highest BCUT2D eigenvalue weighted by molar-refractivity contribution is 7.54. The fourth-order valence-electron chi connectivity index (χ4n) is 2.86. The molecular weight excluding hydrogens is 317 g/mol. The summed E-state index contributed by atoms with van der Waals surface area (Å²) in [5.74, 6) is -0.280. The summed E-state index contributed by atoms with van der Waals surface area (Å²) in [4.78, 5) is 3.37. The molecule has 1 aromatic rings. The van der Waals surface area contributed by atoms with E-state index in [9.17, 15) is 4.57 Å². The summed E-state index contributed by atoms with van der Waals surface area (Å²) in [6.07, 6.45) is 3.28. The molecule has 22 heavy (non-hydrogen) atoms. The van der Waals surface area contributed by atoms with E-state index < -0.39 is 7.60 Å². The molecule has 4 nitrogen and oxygen atoms in total. The van der Waals surface area contributed by atoms with Crippen LogP contribution >= 0.6 is 18.9 Å². The number of thiophene rings is 1. The van der Waals surface area contributed by atoms with Crippen LogP contribution in [0, 0.1) is 0 Å². The molecule has 1 unspecified atom stereocenters. The summed E-state index contributed by atoms with van der Waals surface area (Å²) in [7, 11) is -3.26. The zero-order valence-corrected chi connectivity index (χ0v) is 15.7. The highest BCUT2D eigenvalue weighted by Gasteiger charge is 2.43. The van der Waals surface area contributed by atoms with Gasteiger partial charge in [-0.3, -0.25) is 9.46 Å². The Morgan fingerprint density at radius 2 is 1.68 bits per heavy atom. The lowest BCUT2D eigenvalue weighted by Gasteiger charge is -2.38. The zero-order chi connectivity index (χ0) is 16.2. The lowest BCUT2D eigenvalue weighted by Crippen LogP contribution is -2.34. The summed E-state index contributed by atoms with van der Waals surface area (Å²) in [6.45, 7) is 9.57. The number of nitrogens with zero attached hydrogens (tertiary/aromatic N) is 1. The van der Waals surface area contributed by atoms with Crippen LogP contribution in [-0.4, -0.2) is 30.2 Å². The van der Waals surface area contributed by atoms with Gasteiger partial charge in [-0.25, -0.2) is 0 Å². The molecule has 2 rings (SSSR count). The van der Waals surface area contributed by atoms with Crippen LogP contribution in [0.5, 0.6) is 0 Å². The normalized spacial score (nSPS) is 19.0. The average molecular weight is 345 g/mol. The molecule has 0 aromatic carbocycles. The van der Waals surface area contributed by atoms with Crippen molar-refractivity contribution in [2.24, 2.45) is 0 Å². The van der Waals surface area contributed by atoms with Gasteiger partial charge in [-0.1, -0.05) is 12.5 Å². The van der Waals surface area contributed by atoms with Crippen LogP contribution in [0.4, 0.5) is 0 Å². The van der Waals surface area contributed by atoms with E-state index in [1.807, 2.05) is 45.2 Å². The molecule has 0 aliphatic carbocycles. The van der Waals surface area contributed by atoms with Crippen molar-refractivity contribution in [2.75, 3.05) is 13.1 Å². The molecule has 0 saturated carbocycles. The van der Waals surface area contributed by atoms with Crippen LogP contribution in [0.3, 0.4) is 0 Å². The van der Waals surface area contributed by atoms with E-state index in [-0.39, 0.29) is 18.0 Å². The Hall–Kier alpha value is -0.190. The molecule has 6 heteroatoms. The Kier molecular flexibility index (Phi) is 6.66. The average Bonchev–Trinajstić information content (AvgIpc) is 2.91. The monoisotopic (exact) mass is 345 g/mol. The van der Waals surface area contributed by atoms with E-state index in [4.69, 9.17) is 9.05 Å². The molecule has 1 aliphatic heterocycles. The van der Waals surface area contributed by atoms with Gasteiger partial charge in [0.25, 0.3) is 0 Å². The van der Waals surface area contributed by atoms with Gasteiger partial charge in [-0.2, -0.15) is 0 Å². The molecule has 1 aromatic heterocycles. The van der Waals surface area contributed by atoms with Crippen LogP contribution < -0.4 is 0 Å². The zero-order valence-electron chi connectivity index (χ0n) is 14.0. The van der Waals surface area contributed by atoms with E-state index in [0.717, 1.165) is 30.8 Å². The molecule has 0 radical (unpaired) electrons. The van der Waals surface area contributed by atoms with Gasteiger partial charge in [0.05, 0.1) is 12.2 Å². The maximum atomic E-state index is 13.7. The maximum absolute atomic E-state index is 13.7. The smallest absolute Gasteiger partial charge is 0.304 e. The minimum Gasteiger partial charge on any atom is -0.304 e. The van der Waals surface area contributed by atoms with Gasteiger partial charge in [0, 0.05) is 4.88 Å². The maximum Gasteiger partial charge on any atom is 0.353 e. The number of piperidine rings is 1. The first kappa shape index (κ1) is 18.2. The quantitative estimate of drug-likeness (QED) is 0.631. The molecule has 126 valence electrons. The first-order valence-electron chi connectivity index (χ1n) is 8.16. The molecule has 2 heterocycles. The van der Waals surface area contributed by atoms with Crippen LogP contribution in [0.2, 0.25) is 0 Å². The predicted octanol–water partition coefficient (Wildman–Crippen LogP) is 5.28. The van der Waals surface area contributed by atoms with Crippen molar-refractivity contribution in [1.29, 1.82) is 0 Å². The van der Waals surface area contributed by atoms with Crippen LogP contribution in [0.25, 0.3) is 0 Å². The third kappa shape index (κ3) is 4.65. The predicted molar refractivity (Wildman–Crippen MR) is 92.5 cm³/mol. The first-order valence-corrected chi connectivity index (χ1v) is 10.7. The molecule has 0 N–H and O–H groups in total. The summed E-state index contributed by atoms with van der Waals surface area (Å²) in [5, 5.41) is 2.03. The molecule has 0 amide bonds. The lowest BCUT2D eigenvalue weighted by atomic mass is 10.1. The Morgan fingerprint density at radius 3 is 2.14 bits per heavy atom. The molecule has 0 bridgehead atoms. The summed E-state index contributed by atoms with van der Waals surface area (Å²) in [5.41, 5.74) is 0. The molecule has 1 fully saturated rings. The van der Waals surface area contributed by atoms with Crippen LogP contribution in [0.1, 0.15) is 57.6 Å². The van der Waals surface area contributed by atoms with Crippen LogP contribution in [0.15, 0.2) is 17.5 Å². The van der Waals surface area contributed by atoms with Crippen molar-refractivity contribution in [3.63, 3.8) is 0 Å². The van der Waals surface area contributed by atoms with E-state index in [2.05, 4.69) is 4.90 Å². The van der Waals surface area contributed by atoms with Gasteiger partial charge >= 0.3 is 7.60 Å². The summed E-state index contributed by atoms with van der Waals surface area (Å²) in [6, 6.07) is 4.05. The molecule has 0 spiro atoms. The minimum atomic E-state index is -3.26. The van der Waals surface area contributed by atoms with Gasteiger partial charge < -0.3 is 9.05 Å². The molecular formula is C16H28NO3PS. The number of likely N-dealkylation sites (tertiary alicyclic amines) is 1. The highest BCUT2D eigenvalue weighted by Crippen LogP contribution is 2.64. The Labute approximate surface area is 138 Å². The van der Waals surface area contributed by atoms with Crippen molar-refractivity contribution in [3.8, 4) is 0 Å². The number of hydrogen-bond acceptors (Lipinski definition) is 5. The second kappa shape index (κ2) is 8.07. The second-order valence-electron chi connectivity index (χ2n) is 6.33. The van der Waals surface area contributed by atoms with E-state index >= 15 is 0 Å². The first-order chi connectivity index (χ1) is 10.4. The Bertz CT molecular complexity index is 470. The second-order valence-corrected chi connectivity index (χ2v) is 9.30. The Morgan fingerprint density at radius 1 is 1.09 bits per heavy atom. The Balaban J connectivity index is 2.36. The van der Waals surface area contributed by atoms with Crippen LogP contribution in [-0.2, 0) is 13.6 Å². The fraction of sp³-hybridized carbons (Fsp3) is 0.750. The topological polar surface area (TPSA) is 38.8 Å². The largest absolute Gasteiger partial charge is 0.353 e. The third-order valence-electron chi connectivity index (χ3n) is 3.55. The molecule has 1 saturated heterocycles. The highest BCUT2D eigenvalue weighted by atomic mass is 32.1. The fourth-order valence-corrected chi connectivity index (χ4v) is 6.66. The SMILES string of the molecule is CC(C)OP(=O)(OC(C)C)C(c1cccs1)N1CCCCC1. The summed E-state index contributed by atoms with van der Waals surface area (Å²) < 4.78 is 25.4. The standard InChI is InChI=1S/C16H28NO3PS/c1-13(2)19-21(18,20-14(3)4)16(15-9-8-12-22-15)17-10-6-5-7-11-17/h8-9,12-14,16H,5-7,10-11H2,1-4H3. The number of hydrogen-bond donors (Lipinski definition) is 0. The van der Waals surface area contributed by atoms with E-state index in [0.29, 0.717) is 0 Å². The number of rotatable bonds is 7. The third-order valence-corrected chi connectivity index (χ3v) is 7.28. The van der Waals surface area contributed by atoms with Gasteiger partial charge in [0.1, 0.15) is 5.78 Å². The van der Waals surface area contributed by atoms with Crippen molar-refractivity contribution in [3.05, 3.63) is 22.4 Å². The van der Waals surface area contributed by atoms with E-state index in [1.54, 1.807) is 11.3 Å². The van der Waals surface area contributed by atoms with E-state index in [1.165, 1.54) is 6.42 Å². The van der Waals surface area contributed by atoms with Gasteiger partial charge in [-0.15, -0.1) is 11.3 Å². The minimum absolute atomic E-state index is 0.128. The molecule has 1 atom stereocenters. The molecule has 1 aliphatic rings. The van der Waals surface area contributed by atoms with Gasteiger partial charge in [-0.05, 0) is 65.1 Å². The van der Waals surface area contributed by atoms with Crippen molar-refractivity contribution >= 4 is 18.9 Å². The van der Waals surface area contributed by atoms with Crippen molar-refractivity contribution in [2.45, 2.75) is 64.9 Å². The van der Waals surface area contributed by atoms with Gasteiger partial charge in [0.2, 0.25) is 0 Å². The van der Waals surface area contributed by atoms with Gasteiger partial charge in [0.15, 0.2) is 0 Å². The summed E-state index contributed by atoms with van der Waals surface area (Å²) >= 11 is 1.63.